The first-order valence-corrected chi connectivity index (χ1v) is 5.90. The second-order valence-electron chi connectivity index (χ2n) is 3.84. The molecule has 0 amide bonds. The normalized spacial score (nSPS) is 24.9. The van der Waals surface area contributed by atoms with Crippen molar-refractivity contribution in [1.82, 2.24) is 0 Å². The molecule has 0 spiro atoms. The molecule has 0 saturated carbocycles. The van der Waals surface area contributed by atoms with Gasteiger partial charge < -0.3 is 4.74 Å². The monoisotopic (exact) mass is 222 g/mol. The zero-order valence-electron chi connectivity index (χ0n) is 9.11. The molecule has 80 valence electrons. The van der Waals surface area contributed by atoms with Crippen molar-refractivity contribution >= 4 is 17.5 Å². The van der Waals surface area contributed by atoms with Crippen LogP contribution in [0.25, 0.3) is 0 Å². The molecule has 0 fully saturated rings. The Morgan fingerprint density at radius 2 is 2.07 bits per heavy atom. The summed E-state index contributed by atoms with van der Waals surface area (Å²) in [6.07, 6.45) is 0. The number of carbonyl (C=O) groups is 1. The van der Waals surface area contributed by atoms with Gasteiger partial charge in [0.15, 0.2) is 5.78 Å². The fourth-order valence-electron chi connectivity index (χ4n) is 1.69. The first-order chi connectivity index (χ1) is 7.13. The smallest absolute Gasteiger partial charge is 0.167 e. The van der Waals surface area contributed by atoms with Crippen LogP contribution in [-0.2, 0) is 0 Å². The predicted octanol–water partition coefficient (Wildman–Crippen LogP) is 3.01. The largest absolute Gasteiger partial charge is 0.497 e. The second kappa shape index (κ2) is 3.89. The van der Waals surface area contributed by atoms with Crippen molar-refractivity contribution in [1.29, 1.82) is 0 Å². The van der Waals surface area contributed by atoms with Gasteiger partial charge in [0.25, 0.3) is 0 Å². The third kappa shape index (κ3) is 1.76. The third-order valence-electron chi connectivity index (χ3n) is 2.88. The maximum atomic E-state index is 12.0. The Bertz CT molecular complexity index is 401. The molecular formula is C12H14O2S. The quantitative estimate of drug-likeness (QED) is 0.730. The van der Waals surface area contributed by atoms with Crippen LogP contribution >= 0.6 is 11.8 Å². The average molecular weight is 222 g/mol. The van der Waals surface area contributed by atoms with Gasteiger partial charge in [-0.25, -0.2) is 0 Å². The summed E-state index contributed by atoms with van der Waals surface area (Å²) < 4.78 is 5.15. The van der Waals surface area contributed by atoms with Gasteiger partial charge in [-0.2, -0.15) is 0 Å². The molecule has 1 aliphatic heterocycles. The molecule has 1 heterocycles. The Labute approximate surface area is 94.0 Å². The fourth-order valence-corrected chi connectivity index (χ4v) is 2.90. The van der Waals surface area contributed by atoms with Crippen LogP contribution < -0.4 is 4.74 Å². The lowest BCUT2D eigenvalue weighted by Crippen LogP contribution is -2.25. The summed E-state index contributed by atoms with van der Waals surface area (Å²) in [4.78, 5) is 13.0. The van der Waals surface area contributed by atoms with E-state index in [9.17, 15) is 4.79 Å². The molecular weight excluding hydrogens is 208 g/mol. The van der Waals surface area contributed by atoms with Gasteiger partial charge in [-0.15, -0.1) is 11.8 Å². The highest BCUT2D eigenvalue weighted by atomic mass is 32.2. The van der Waals surface area contributed by atoms with Crippen LogP contribution in [0, 0.1) is 5.92 Å². The number of Topliss-reactive ketones (excluding diaryl/α,β-unsaturated/α-hetero) is 1. The molecule has 0 saturated heterocycles. The zero-order valence-corrected chi connectivity index (χ0v) is 9.93. The molecule has 3 heteroatoms. The predicted molar refractivity (Wildman–Crippen MR) is 61.8 cm³/mol. The van der Waals surface area contributed by atoms with Gasteiger partial charge in [0.05, 0.1) is 7.11 Å². The lowest BCUT2D eigenvalue weighted by molar-refractivity contribution is 0.0924. The highest BCUT2D eigenvalue weighted by Gasteiger charge is 2.30. The summed E-state index contributed by atoms with van der Waals surface area (Å²) in [6.45, 7) is 4.09. The molecule has 1 aromatic carbocycles. The summed E-state index contributed by atoms with van der Waals surface area (Å²) in [7, 11) is 1.64. The maximum Gasteiger partial charge on any atom is 0.167 e. The minimum atomic E-state index is 0.107. The third-order valence-corrected chi connectivity index (χ3v) is 4.26. The second-order valence-corrected chi connectivity index (χ2v) is 5.26. The zero-order chi connectivity index (χ0) is 11.0. The fraction of sp³-hybridized carbons (Fsp3) is 0.417. The Balaban J connectivity index is 2.46. The lowest BCUT2D eigenvalue weighted by Gasteiger charge is -2.26. The van der Waals surface area contributed by atoms with Crippen molar-refractivity contribution in [3.05, 3.63) is 23.8 Å². The van der Waals surface area contributed by atoms with Crippen LogP contribution in [0.3, 0.4) is 0 Å². The van der Waals surface area contributed by atoms with E-state index < -0.39 is 0 Å². The van der Waals surface area contributed by atoms with E-state index in [-0.39, 0.29) is 11.7 Å². The number of benzene rings is 1. The van der Waals surface area contributed by atoms with E-state index in [1.807, 2.05) is 25.1 Å². The molecule has 15 heavy (non-hydrogen) atoms. The van der Waals surface area contributed by atoms with E-state index in [0.29, 0.717) is 5.25 Å². The molecule has 0 N–H and O–H groups in total. The van der Waals surface area contributed by atoms with Gasteiger partial charge in [0.1, 0.15) is 5.75 Å². The number of fused-ring (bicyclic) bond motifs is 1. The van der Waals surface area contributed by atoms with Crippen LogP contribution in [0.4, 0.5) is 0 Å². The maximum absolute atomic E-state index is 12.0. The Morgan fingerprint density at radius 1 is 1.33 bits per heavy atom. The minimum absolute atomic E-state index is 0.107. The van der Waals surface area contributed by atoms with Crippen LogP contribution in [0.1, 0.15) is 24.2 Å². The van der Waals surface area contributed by atoms with E-state index >= 15 is 0 Å². The molecule has 0 aliphatic carbocycles. The molecule has 1 aliphatic rings. The van der Waals surface area contributed by atoms with E-state index in [1.165, 1.54) is 0 Å². The van der Waals surface area contributed by atoms with E-state index in [1.54, 1.807) is 18.9 Å². The van der Waals surface area contributed by atoms with E-state index in [4.69, 9.17) is 4.74 Å². The van der Waals surface area contributed by atoms with Gasteiger partial charge in [0, 0.05) is 21.6 Å². The number of thioether (sulfide) groups is 1. The van der Waals surface area contributed by atoms with Gasteiger partial charge in [-0.1, -0.05) is 13.8 Å². The Kier molecular flexibility index (Phi) is 2.74. The highest BCUT2D eigenvalue weighted by molar-refractivity contribution is 8.00. The van der Waals surface area contributed by atoms with Gasteiger partial charge in [-0.3, -0.25) is 4.79 Å². The van der Waals surface area contributed by atoms with Crippen molar-refractivity contribution < 1.29 is 9.53 Å². The number of carbonyl (C=O) groups excluding carboxylic acids is 1. The summed E-state index contributed by atoms with van der Waals surface area (Å²) in [5.41, 5.74) is 0.839. The summed E-state index contributed by atoms with van der Waals surface area (Å²) in [5, 5.41) is 0.345. The molecule has 2 atom stereocenters. The summed E-state index contributed by atoms with van der Waals surface area (Å²) >= 11 is 1.75. The van der Waals surface area contributed by atoms with Crippen molar-refractivity contribution in [2.45, 2.75) is 24.0 Å². The van der Waals surface area contributed by atoms with Crippen LogP contribution in [0.5, 0.6) is 5.75 Å². The molecule has 1 aromatic rings. The lowest BCUT2D eigenvalue weighted by atomic mass is 9.96. The highest BCUT2D eigenvalue weighted by Crippen LogP contribution is 2.39. The summed E-state index contributed by atoms with van der Waals surface area (Å²) in [6, 6.07) is 5.66. The van der Waals surface area contributed by atoms with Gasteiger partial charge in [-0.05, 0) is 18.2 Å². The molecule has 2 rings (SSSR count). The average Bonchev–Trinajstić information content (AvgIpc) is 2.25. The Hall–Kier alpha value is -0.960. The SMILES string of the molecule is COc1ccc2c(c1)SC(C)C(C)C2=O. The number of ether oxygens (including phenoxy) is 1. The first-order valence-electron chi connectivity index (χ1n) is 5.02. The molecule has 2 nitrogen and oxygen atoms in total. The van der Waals surface area contributed by atoms with Crippen molar-refractivity contribution in [2.24, 2.45) is 5.92 Å². The molecule has 2 unspecified atom stereocenters. The number of ketones is 1. The van der Waals surface area contributed by atoms with Crippen LogP contribution in [0.15, 0.2) is 23.1 Å². The van der Waals surface area contributed by atoms with Crippen molar-refractivity contribution in [2.75, 3.05) is 7.11 Å². The van der Waals surface area contributed by atoms with Crippen molar-refractivity contribution in [3.63, 3.8) is 0 Å². The Morgan fingerprint density at radius 3 is 2.73 bits per heavy atom. The summed E-state index contributed by atoms with van der Waals surface area (Å²) in [5.74, 6) is 1.17. The van der Waals surface area contributed by atoms with Crippen molar-refractivity contribution in [3.8, 4) is 5.75 Å². The molecule has 0 radical (unpaired) electrons. The first kappa shape index (κ1) is 10.6. The topological polar surface area (TPSA) is 26.3 Å². The van der Waals surface area contributed by atoms with E-state index in [0.717, 1.165) is 16.2 Å². The van der Waals surface area contributed by atoms with Gasteiger partial charge in [0.2, 0.25) is 0 Å². The number of hydrogen-bond donors (Lipinski definition) is 0. The number of methoxy groups -OCH3 is 1. The molecule has 0 bridgehead atoms. The number of rotatable bonds is 1. The van der Waals surface area contributed by atoms with E-state index in [2.05, 4.69) is 6.92 Å². The standard InChI is InChI=1S/C12H14O2S/c1-7-8(2)15-11-6-9(14-3)4-5-10(11)12(7)13/h4-8H,1-3H3. The van der Waals surface area contributed by atoms with Crippen LogP contribution in [-0.4, -0.2) is 18.1 Å². The molecule has 0 aromatic heterocycles. The minimum Gasteiger partial charge on any atom is -0.497 e. The number of hydrogen-bond acceptors (Lipinski definition) is 3. The van der Waals surface area contributed by atoms with Crippen LogP contribution in [0.2, 0.25) is 0 Å². The van der Waals surface area contributed by atoms with Gasteiger partial charge >= 0.3 is 0 Å².